The second-order valence-electron chi connectivity index (χ2n) is 11.4. The van der Waals surface area contributed by atoms with Crippen LogP contribution in [-0.4, -0.2) is 19.9 Å². The molecular weight excluding hydrogens is 369 g/mol. The summed E-state index contributed by atoms with van der Waals surface area (Å²) in [5.74, 6) is 2.36. The molecule has 2 aromatic rings. The Morgan fingerprint density at radius 2 is 1.14 bits per heavy atom. The Bertz CT molecular complexity index is 832. The monoisotopic (exact) mass is 409 g/mol. The molecule has 2 heteroatoms. The van der Waals surface area contributed by atoms with Crippen molar-refractivity contribution in [3.63, 3.8) is 0 Å². The molecule has 0 aromatic heterocycles. The zero-order valence-electron chi connectivity index (χ0n) is 20.4. The number of benzene rings is 2. The van der Waals surface area contributed by atoms with Crippen LogP contribution in [0.3, 0.4) is 0 Å². The van der Waals surface area contributed by atoms with E-state index in [1.807, 2.05) is 0 Å². The second-order valence-corrected chi connectivity index (χ2v) is 12.4. The molecule has 2 rings (SSSR count). The highest BCUT2D eigenvalue weighted by atomic mass is 31.1. The summed E-state index contributed by atoms with van der Waals surface area (Å²) in [6.07, 6.45) is 0. The Hall–Kier alpha value is -1.59. The molecule has 0 atom stereocenters. The van der Waals surface area contributed by atoms with Gasteiger partial charge in [0.2, 0.25) is 0 Å². The standard InChI is InChI=1S/C27H40NP/c1-25(2,3)20-16-22(26(4,5)6)24(23(17-20)27(7,8)9)29-18-19-12-14-21(15-13-19)28(10)11/h12-18H,1-11H3. The fourth-order valence-electron chi connectivity index (χ4n) is 3.35. The van der Waals surface area contributed by atoms with E-state index in [0.717, 1.165) is 0 Å². The van der Waals surface area contributed by atoms with Gasteiger partial charge in [-0.15, -0.1) is 0 Å². The average Bonchev–Trinajstić information content (AvgIpc) is 2.57. The van der Waals surface area contributed by atoms with Gasteiger partial charge in [0.25, 0.3) is 0 Å². The molecule has 0 saturated carbocycles. The number of anilines is 1. The molecule has 0 amide bonds. The SMILES string of the molecule is CN(C)c1ccc(C=Pc2c(C(C)(C)C)cc(C(C)(C)C)cc2C(C)(C)C)cc1. The van der Waals surface area contributed by atoms with E-state index in [1.54, 1.807) is 0 Å². The van der Waals surface area contributed by atoms with E-state index >= 15 is 0 Å². The molecule has 0 spiro atoms. The smallest absolute Gasteiger partial charge is 0.0361 e. The van der Waals surface area contributed by atoms with Crippen molar-refractivity contribution in [2.45, 2.75) is 78.6 Å². The molecule has 0 heterocycles. The molecule has 0 aliphatic heterocycles. The van der Waals surface area contributed by atoms with Crippen LogP contribution in [0.2, 0.25) is 0 Å². The minimum absolute atomic E-state index is 0.103. The summed E-state index contributed by atoms with van der Waals surface area (Å²) >= 11 is 0. The first-order valence-corrected chi connectivity index (χ1v) is 11.6. The van der Waals surface area contributed by atoms with Crippen LogP contribution in [0, 0.1) is 0 Å². The minimum atomic E-state index is 0.103. The number of rotatable bonds is 3. The molecule has 0 aliphatic carbocycles. The predicted octanol–water partition coefficient (Wildman–Crippen LogP) is 7.07. The zero-order chi connectivity index (χ0) is 22.2. The molecule has 158 valence electrons. The Morgan fingerprint density at radius 1 is 0.690 bits per heavy atom. The molecule has 0 radical (unpaired) electrons. The third kappa shape index (κ3) is 5.95. The lowest BCUT2D eigenvalue weighted by Crippen LogP contribution is -2.29. The molecular formula is C27H40NP. The van der Waals surface area contributed by atoms with Crippen LogP contribution >= 0.6 is 8.20 Å². The summed E-state index contributed by atoms with van der Waals surface area (Å²) in [6, 6.07) is 13.7. The quantitative estimate of drug-likeness (QED) is 0.490. The van der Waals surface area contributed by atoms with Crippen molar-refractivity contribution in [2.24, 2.45) is 0 Å². The largest absolute Gasteiger partial charge is 0.378 e. The fourth-order valence-corrected chi connectivity index (χ4v) is 4.88. The van der Waals surface area contributed by atoms with Crippen LogP contribution in [-0.2, 0) is 16.2 Å². The topological polar surface area (TPSA) is 3.24 Å². The van der Waals surface area contributed by atoms with Gasteiger partial charge in [-0.05, 0) is 56.4 Å². The van der Waals surface area contributed by atoms with Gasteiger partial charge < -0.3 is 4.90 Å². The van der Waals surface area contributed by atoms with Gasteiger partial charge in [-0.25, -0.2) is 0 Å². The fraction of sp³-hybridized carbons (Fsp3) is 0.519. The van der Waals surface area contributed by atoms with E-state index < -0.39 is 0 Å². The third-order valence-corrected chi connectivity index (χ3v) is 6.51. The molecule has 1 nitrogen and oxygen atoms in total. The highest BCUT2D eigenvalue weighted by Gasteiger charge is 2.28. The average molecular weight is 410 g/mol. The molecule has 0 fully saturated rings. The lowest BCUT2D eigenvalue weighted by atomic mass is 9.75. The summed E-state index contributed by atoms with van der Waals surface area (Å²) in [5, 5.41) is 1.47. The molecule has 0 unspecified atom stereocenters. The van der Waals surface area contributed by atoms with Crippen molar-refractivity contribution < 1.29 is 0 Å². The van der Waals surface area contributed by atoms with Crippen LogP contribution in [0.4, 0.5) is 5.69 Å². The van der Waals surface area contributed by atoms with Crippen LogP contribution in [0.5, 0.6) is 0 Å². The van der Waals surface area contributed by atoms with Gasteiger partial charge in [0.05, 0.1) is 0 Å². The first kappa shape index (κ1) is 23.7. The van der Waals surface area contributed by atoms with Gasteiger partial charge in [-0.2, -0.15) is 0 Å². The Balaban J connectivity index is 2.67. The normalized spacial score (nSPS) is 13.2. The zero-order valence-corrected chi connectivity index (χ0v) is 21.3. The van der Waals surface area contributed by atoms with E-state index in [0.29, 0.717) is 0 Å². The lowest BCUT2D eigenvalue weighted by Gasteiger charge is -2.32. The molecule has 2 aromatic carbocycles. The van der Waals surface area contributed by atoms with Crippen molar-refractivity contribution in [3.8, 4) is 0 Å². The summed E-state index contributed by atoms with van der Waals surface area (Å²) in [5.41, 5.74) is 7.23. The van der Waals surface area contributed by atoms with Gasteiger partial charge in [-0.1, -0.05) is 94.8 Å². The summed E-state index contributed by atoms with van der Waals surface area (Å²) in [6.45, 7) is 21.0. The van der Waals surface area contributed by atoms with Crippen molar-refractivity contribution >= 4 is 25.0 Å². The first-order valence-electron chi connectivity index (χ1n) is 10.6. The van der Waals surface area contributed by atoms with E-state index in [-0.39, 0.29) is 16.2 Å². The molecule has 0 N–H and O–H groups in total. The number of hydrogen-bond donors (Lipinski definition) is 0. The van der Waals surface area contributed by atoms with Crippen LogP contribution < -0.4 is 10.2 Å². The Kier molecular flexibility index (Phi) is 6.75. The molecule has 0 aliphatic rings. The lowest BCUT2D eigenvalue weighted by molar-refractivity contribution is 0.554. The van der Waals surface area contributed by atoms with Crippen molar-refractivity contribution in [2.75, 3.05) is 19.0 Å². The molecule has 29 heavy (non-hydrogen) atoms. The maximum Gasteiger partial charge on any atom is 0.0361 e. The third-order valence-electron chi connectivity index (χ3n) is 5.34. The van der Waals surface area contributed by atoms with Gasteiger partial charge >= 0.3 is 0 Å². The minimum Gasteiger partial charge on any atom is -0.378 e. The number of hydrogen-bond acceptors (Lipinski definition) is 1. The predicted molar refractivity (Wildman–Crippen MR) is 135 cm³/mol. The van der Waals surface area contributed by atoms with E-state index in [2.05, 4.69) is 124 Å². The maximum atomic E-state index is 2.46. The second kappa shape index (κ2) is 8.27. The van der Waals surface area contributed by atoms with Crippen LogP contribution in [0.1, 0.15) is 84.6 Å². The highest BCUT2D eigenvalue weighted by molar-refractivity contribution is 7.48. The molecule has 0 bridgehead atoms. The van der Waals surface area contributed by atoms with Gasteiger partial charge in [0.15, 0.2) is 0 Å². The van der Waals surface area contributed by atoms with Crippen molar-refractivity contribution in [1.29, 1.82) is 0 Å². The Morgan fingerprint density at radius 3 is 1.48 bits per heavy atom. The number of nitrogens with zero attached hydrogens (tertiary/aromatic N) is 1. The summed E-state index contributed by atoms with van der Waals surface area (Å²) in [7, 11) is 5.43. The van der Waals surface area contributed by atoms with E-state index in [4.69, 9.17) is 0 Å². The van der Waals surface area contributed by atoms with E-state index in [1.165, 1.54) is 41.4 Å². The highest BCUT2D eigenvalue weighted by Crippen LogP contribution is 2.35. The van der Waals surface area contributed by atoms with Crippen LogP contribution in [0.15, 0.2) is 36.4 Å². The van der Waals surface area contributed by atoms with Crippen molar-refractivity contribution in [3.05, 3.63) is 58.7 Å². The van der Waals surface area contributed by atoms with Gasteiger partial charge in [0, 0.05) is 25.1 Å². The maximum absolute atomic E-state index is 2.46. The van der Waals surface area contributed by atoms with Gasteiger partial charge in [0.1, 0.15) is 0 Å². The summed E-state index contributed by atoms with van der Waals surface area (Å²) in [4.78, 5) is 2.14. The Labute approximate surface area is 181 Å². The van der Waals surface area contributed by atoms with Gasteiger partial charge in [-0.3, -0.25) is 0 Å². The summed E-state index contributed by atoms with van der Waals surface area (Å²) < 4.78 is 0. The molecule has 0 saturated heterocycles. The van der Waals surface area contributed by atoms with E-state index in [9.17, 15) is 0 Å². The van der Waals surface area contributed by atoms with Crippen LogP contribution in [0.25, 0.3) is 0 Å². The first-order chi connectivity index (χ1) is 13.1. The van der Waals surface area contributed by atoms with Crippen molar-refractivity contribution in [1.82, 2.24) is 0 Å².